The van der Waals surface area contributed by atoms with E-state index in [2.05, 4.69) is 33.9 Å². The third-order valence-electron chi connectivity index (χ3n) is 4.45. The molecule has 0 aromatic heterocycles. The van der Waals surface area contributed by atoms with E-state index < -0.39 is 15.8 Å². The summed E-state index contributed by atoms with van der Waals surface area (Å²) in [5, 5.41) is -0.210. The summed E-state index contributed by atoms with van der Waals surface area (Å²) in [5.74, 6) is -0.642. The standard InChI is InChI=1S/C19H22ClFN2O3S/c20-18-14-17(7-8-19(18)21)27(24,25)22-9-1-2-15-3-5-16(6-4-15)23-10-12-26-13-11-23/h3-8,14,22H,1-2,9-13H2. The largest absolute Gasteiger partial charge is 0.378 e. The Morgan fingerprint density at radius 2 is 1.81 bits per heavy atom. The lowest BCUT2D eigenvalue weighted by molar-refractivity contribution is 0.122. The smallest absolute Gasteiger partial charge is 0.240 e. The molecule has 0 saturated carbocycles. The maximum Gasteiger partial charge on any atom is 0.240 e. The van der Waals surface area contributed by atoms with Crippen molar-refractivity contribution >= 4 is 27.3 Å². The highest BCUT2D eigenvalue weighted by Crippen LogP contribution is 2.20. The molecule has 0 amide bonds. The average molecular weight is 413 g/mol. The Hall–Kier alpha value is -1.67. The van der Waals surface area contributed by atoms with Crippen molar-refractivity contribution in [2.24, 2.45) is 0 Å². The lowest BCUT2D eigenvalue weighted by Crippen LogP contribution is -2.36. The molecular weight excluding hydrogens is 391 g/mol. The summed E-state index contributed by atoms with van der Waals surface area (Å²) in [4.78, 5) is 2.25. The Kier molecular flexibility index (Phi) is 6.70. The van der Waals surface area contributed by atoms with Crippen LogP contribution in [0.3, 0.4) is 0 Å². The first-order valence-corrected chi connectivity index (χ1v) is 10.7. The van der Waals surface area contributed by atoms with Crippen molar-refractivity contribution in [2.45, 2.75) is 17.7 Å². The van der Waals surface area contributed by atoms with Crippen LogP contribution in [-0.2, 0) is 21.2 Å². The van der Waals surface area contributed by atoms with Gasteiger partial charge in [-0.2, -0.15) is 0 Å². The van der Waals surface area contributed by atoms with Crippen LogP contribution in [-0.4, -0.2) is 41.3 Å². The minimum absolute atomic E-state index is 0.0382. The van der Waals surface area contributed by atoms with Crippen LogP contribution < -0.4 is 9.62 Å². The zero-order chi connectivity index (χ0) is 19.3. The number of nitrogens with one attached hydrogen (secondary N) is 1. The zero-order valence-electron chi connectivity index (χ0n) is 14.8. The van der Waals surface area contributed by atoms with E-state index >= 15 is 0 Å². The molecule has 1 aliphatic rings. The fourth-order valence-corrected chi connectivity index (χ4v) is 4.27. The number of hydrogen-bond donors (Lipinski definition) is 1. The summed E-state index contributed by atoms with van der Waals surface area (Å²) in [6.45, 7) is 3.59. The number of ether oxygens (including phenoxy) is 1. The Morgan fingerprint density at radius 3 is 2.48 bits per heavy atom. The first-order chi connectivity index (χ1) is 13.0. The fraction of sp³-hybridized carbons (Fsp3) is 0.368. The van der Waals surface area contributed by atoms with E-state index in [0.29, 0.717) is 13.0 Å². The first-order valence-electron chi connectivity index (χ1n) is 8.82. The maximum atomic E-state index is 13.2. The molecule has 0 spiro atoms. The van der Waals surface area contributed by atoms with Gasteiger partial charge in [-0.3, -0.25) is 0 Å². The third-order valence-corrected chi connectivity index (χ3v) is 6.20. The van der Waals surface area contributed by atoms with Gasteiger partial charge in [-0.05, 0) is 48.7 Å². The van der Waals surface area contributed by atoms with Gasteiger partial charge < -0.3 is 9.64 Å². The van der Waals surface area contributed by atoms with E-state index in [9.17, 15) is 12.8 Å². The quantitative estimate of drug-likeness (QED) is 0.709. The summed E-state index contributed by atoms with van der Waals surface area (Å²) in [6.07, 6.45) is 1.42. The van der Waals surface area contributed by atoms with Gasteiger partial charge in [0, 0.05) is 25.3 Å². The highest BCUT2D eigenvalue weighted by atomic mass is 35.5. The number of sulfonamides is 1. The molecule has 1 N–H and O–H groups in total. The van der Waals surface area contributed by atoms with Crippen LogP contribution in [0.5, 0.6) is 0 Å². The predicted molar refractivity (Wildman–Crippen MR) is 104 cm³/mol. The van der Waals surface area contributed by atoms with E-state index in [0.717, 1.165) is 50.4 Å². The number of anilines is 1. The lowest BCUT2D eigenvalue weighted by Gasteiger charge is -2.28. The van der Waals surface area contributed by atoms with E-state index in [-0.39, 0.29) is 9.92 Å². The van der Waals surface area contributed by atoms with Crippen LogP contribution in [0.15, 0.2) is 47.4 Å². The average Bonchev–Trinajstić information content (AvgIpc) is 2.68. The molecule has 146 valence electrons. The van der Waals surface area contributed by atoms with E-state index in [1.54, 1.807) is 0 Å². The van der Waals surface area contributed by atoms with Crippen LogP contribution >= 0.6 is 11.6 Å². The monoisotopic (exact) mass is 412 g/mol. The Balaban J connectivity index is 1.48. The molecule has 2 aromatic carbocycles. The van der Waals surface area contributed by atoms with E-state index in [1.165, 1.54) is 11.8 Å². The van der Waals surface area contributed by atoms with E-state index in [4.69, 9.17) is 16.3 Å². The van der Waals surface area contributed by atoms with Crippen LogP contribution in [0.4, 0.5) is 10.1 Å². The fourth-order valence-electron chi connectivity index (χ4n) is 2.92. The number of hydrogen-bond acceptors (Lipinski definition) is 4. The van der Waals surface area contributed by atoms with Crippen LogP contribution in [0.2, 0.25) is 5.02 Å². The molecule has 8 heteroatoms. The summed E-state index contributed by atoms with van der Waals surface area (Å²) in [7, 11) is -3.69. The highest BCUT2D eigenvalue weighted by molar-refractivity contribution is 7.89. The van der Waals surface area contributed by atoms with Crippen molar-refractivity contribution in [1.29, 1.82) is 0 Å². The van der Waals surface area contributed by atoms with Crippen molar-refractivity contribution < 1.29 is 17.5 Å². The molecule has 5 nitrogen and oxygen atoms in total. The van der Waals surface area contributed by atoms with Crippen molar-refractivity contribution in [3.8, 4) is 0 Å². The number of aryl methyl sites for hydroxylation is 1. The molecular formula is C19H22ClFN2O3S. The SMILES string of the molecule is O=S(=O)(NCCCc1ccc(N2CCOCC2)cc1)c1ccc(F)c(Cl)c1. The molecule has 1 fully saturated rings. The molecule has 0 aliphatic carbocycles. The Morgan fingerprint density at radius 1 is 1.11 bits per heavy atom. The van der Waals surface area contributed by atoms with Crippen molar-refractivity contribution in [3.63, 3.8) is 0 Å². The number of nitrogens with zero attached hydrogens (tertiary/aromatic N) is 1. The van der Waals surface area contributed by atoms with Gasteiger partial charge in [-0.15, -0.1) is 0 Å². The Labute approximate surface area is 164 Å². The van der Waals surface area contributed by atoms with Crippen molar-refractivity contribution in [1.82, 2.24) is 4.72 Å². The van der Waals surface area contributed by atoms with Gasteiger partial charge in [0.15, 0.2) is 0 Å². The molecule has 27 heavy (non-hydrogen) atoms. The van der Waals surface area contributed by atoms with Crippen LogP contribution in [0.25, 0.3) is 0 Å². The van der Waals surface area contributed by atoms with Crippen LogP contribution in [0, 0.1) is 5.82 Å². The molecule has 1 aliphatic heterocycles. The second-order valence-corrected chi connectivity index (χ2v) is 8.52. The minimum Gasteiger partial charge on any atom is -0.378 e. The normalized spacial score (nSPS) is 15.1. The molecule has 2 aromatic rings. The second kappa shape index (κ2) is 9.01. The number of rotatable bonds is 7. The summed E-state index contributed by atoms with van der Waals surface area (Å²) in [5.41, 5.74) is 2.33. The highest BCUT2D eigenvalue weighted by Gasteiger charge is 2.15. The molecule has 1 heterocycles. The summed E-state index contributed by atoms with van der Waals surface area (Å²) >= 11 is 5.65. The maximum absolute atomic E-state index is 13.2. The number of halogens is 2. The number of morpholine rings is 1. The van der Waals surface area contributed by atoms with Gasteiger partial charge >= 0.3 is 0 Å². The van der Waals surface area contributed by atoms with E-state index in [1.807, 2.05) is 0 Å². The van der Waals surface area contributed by atoms with Crippen molar-refractivity contribution in [3.05, 3.63) is 58.9 Å². The van der Waals surface area contributed by atoms with Gasteiger partial charge in [0.2, 0.25) is 10.0 Å². The van der Waals surface area contributed by atoms with Gasteiger partial charge in [0.25, 0.3) is 0 Å². The molecule has 0 atom stereocenters. The molecule has 1 saturated heterocycles. The Bertz CT molecular complexity index is 869. The van der Waals surface area contributed by atoms with Crippen molar-refractivity contribution in [2.75, 3.05) is 37.7 Å². The third kappa shape index (κ3) is 5.42. The molecule has 3 rings (SSSR count). The topological polar surface area (TPSA) is 58.6 Å². The molecule has 0 radical (unpaired) electrons. The summed E-state index contributed by atoms with van der Waals surface area (Å²) < 4.78 is 45.5. The molecule has 0 unspecified atom stereocenters. The minimum atomic E-state index is -3.69. The summed E-state index contributed by atoms with van der Waals surface area (Å²) in [6, 6.07) is 11.7. The first kappa shape index (κ1) is 20.1. The lowest BCUT2D eigenvalue weighted by atomic mass is 10.1. The van der Waals surface area contributed by atoms with Gasteiger partial charge in [0.05, 0.1) is 23.1 Å². The zero-order valence-corrected chi connectivity index (χ0v) is 16.4. The second-order valence-electron chi connectivity index (χ2n) is 6.34. The van der Waals surface area contributed by atoms with Crippen LogP contribution in [0.1, 0.15) is 12.0 Å². The van der Waals surface area contributed by atoms with Gasteiger partial charge in [-0.25, -0.2) is 17.5 Å². The number of benzene rings is 2. The van der Waals surface area contributed by atoms with Gasteiger partial charge in [-0.1, -0.05) is 23.7 Å². The molecule has 0 bridgehead atoms. The van der Waals surface area contributed by atoms with Gasteiger partial charge in [0.1, 0.15) is 5.82 Å². The predicted octanol–water partition coefficient (Wildman–Crippen LogP) is 3.23.